The lowest BCUT2D eigenvalue weighted by molar-refractivity contribution is -0.146. The summed E-state index contributed by atoms with van der Waals surface area (Å²) in [5.41, 5.74) is -1.78. The lowest BCUT2D eigenvalue weighted by Gasteiger charge is -2.45. The van der Waals surface area contributed by atoms with Gasteiger partial charge in [0.05, 0.1) is 22.1 Å². The van der Waals surface area contributed by atoms with E-state index in [1.54, 1.807) is 25.7 Å². The molecule has 2 unspecified atom stereocenters. The zero-order valence-corrected chi connectivity index (χ0v) is 35.5. The van der Waals surface area contributed by atoms with Gasteiger partial charge in [-0.15, -0.1) is 6.58 Å². The smallest absolute Gasteiger partial charge is 0.315 e. The van der Waals surface area contributed by atoms with Crippen LogP contribution in [0, 0.1) is 40.4 Å². The number of nitrogens with zero attached hydrogens (tertiary/aromatic N) is 1. The van der Waals surface area contributed by atoms with Crippen molar-refractivity contribution in [1.82, 2.24) is 26.2 Å². The largest absolute Gasteiger partial charge is 0.346 e. The highest BCUT2D eigenvalue weighted by Gasteiger charge is 2.70. The summed E-state index contributed by atoms with van der Waals surface area (Å²) in [7, 11) is -3.60. The first-order chi connectivity index (χ1) is 25.6. The molecule has 310 valence electrons. The number of likely N-dealkylation sites (tertiary alicyclic amines) is 1. The van der Waals surface area contributed by atoms with Gasteiger partial charge < -0.3 is 26.2 Å². The summed E-state index contributed by atoms with van der Waals surface area (Å²) in [6, 6.07) is -3.40. The molecule has 4 N–H and O–H groups in total. The van der Waals surface area contributed by atoms with Crippen LogP contribution in [0.3, 0.4) is 0 Å². The van der Waals surface area contributed by atoms with E-state index < -0.39 is 67.3 Å². The van der Waals surface area contributed by atoms with Crippen molar-refractivity contribution >= 4 is 39.4 Å². The van der Waals surface area contributed by atoms with Crippen molar-refractivity contribution in [2.75, 3.05) is 18.8 Å². The number of amides is 5. The molecular weight excluding hydrogens is 719 g/mol. The zero-order valence-electron chi connectivity index (χ0n) is 34.7. The Morgan fingerprint density at radius 3 is 2.07 bits per heavy atom. The van der Waals surface area contributed by atoms with Crippen molar-refractivity contribution in [3.05, 3.63) is 12.7 Å². The Morgan fingerprint density at radius 2 is 1.53 bits per heavy atom. The number of hydrogen-bond acceptors (Lipinski definition) is 7. The monoisotopic (exact) mass is 787 g/mol. The number of carbonyl (C=O) groups excluding carboxylic acids is 5. The number of hydrogen-bond donors (Lipinski definition) is 4. The van der Waals surface area contributed by atoms with Crippen molar-refractivity contribution in [3.8, 4) is 0 Å². The summed E-state index contributed by atoms with van der Waals surface area (Å²) in [5, 5.41) is 11.7. The van der Waals surface area contributed by atoms with Crippen LogP contribution in [0.2, 0.25) is 0 Å². The second-order valence-electron chi connectivity index (χ2n) is 20.0. The Labute approximate surface area is 329 Å². The molecule has 13 heteroatoms. The van der Waals surface area contributed by atoms with E-state index >= 15 is 4.79 Å². The number of piperidine rings is 1. The Morgan fingerprint density at radius 1 is 0.909 bits per heavy atom. The van der Waals surface area contributed by atoms with Crippen LogP contribution in [0.15, 0.2) is 12.7 Å². The molecule has 5 aliphatic rings. The maximum atomic E-state index is 15.0. The highest BCUT2D eigenvalue weighted by Crippen LogP contribution is 2.65. The number of rotatable bonds is 15. The SMILES string of the molecule is C=CCNC(=O)C(=O)C(CC1CC1)NC(=O)[C@@H]1[C@@H]2C(CN1C(=O)[C@@H](NC(=O)N[C@]1(CS(=O)(=O)C(C)(C)C)CC[C@H](C(C)C)CC1)C1(C)CCCCC1)C2(C)C. The van der Waals surface area contributed by atoms with Crippen LogP contribution in [-0.2, 0) is 29.0 Å². The fourth-order valence-corrected chi connectivity index (χ4v) is 11.4. The fourth-order valence-electron chi connectivity index (χ4n) is 9.90. The average Bonchev–Trinajstić information content (AvgIpc) is 3.95. The third-order valence-corrected chi connectivity index (χ3v) is 17.0. The van der Waals surface area contributed by atoms with Gasteiger partial charge in [0.15, 0.2) is 9.84 Å². The van der Waals surface area contributed by atoms with E-state index in [9.17, 15) is 27.6 Å². The Bertz CT molecular complexity index is 1600. The number of carbonyl (C=O) groups is 5. The van der Waals surface area contributed by atoms with Gasteiger partial charge in [-0.25, -0.2) is 13.2 Å². The topological polar surface area (TPSA) is 171 Å². The first-order valence-electron chi connectivity index (χ1n) is 20.9. The molecule has 5 amide bonds. The molecule has 4 aliphatic carbocycles. The van der Waals surface area contributed by atoms with Crippen molar-refractivity contribution in [3.63, 3.8) is 0 Å². The zero-order chi connectivity index (χ0) is 40.7. The first-order valence-corrected chi connectivity index (χ1v) is 22.6. The first kappa shape index (κ1) is 43.2. The summed E-state index contributed by atoms with van der Waals surface area (Å²) >= 11 is 0. The van der Waals surface area contributed by atoms with Gasteiger partial charge in [-0.3, -0.25) is 19.2 Å². The van der Waals surface area contributed by atoms with Crippen molar-refractivity contribution in [2.24, 2.45) is 40.4 Å². The van der Waals surface area contributed by atoms with E-state index in [0.29, 0.717) is 50.5 Å². The molecule has 1 saturated heterocycles. The molecule has 1 aliphatic heterocycles. The van der Waals surface area contributed by atoms with Crippen molar-refractivity contribution in [1.29, 1.82) is 0 Å². The third kappa shape index (κ3) is 9.44. The van der Waals surface area contributed by atoms with E-state index in [4.69, 9.17) is 0 Å². The molecule has 0 aromatic rings. The molecule has 5 rings (SSSR count). The fraction of sp³-hybridized carbons (Fsp3) is 0.833. The molecule has 0 aromatic carbocycles. The van der Waals surface area contributed by atoms with Crippen LogP contribution < -0.4 is 21.3 Å². The van der Waals surface area contributed by atoms with Gasteiger partial charge in [-0.05, 0) is 106 Å². The number of urea groups is 1. The summed E-state index contributed by atoms with van der Waals surface area (Å²) in [4.78, 5) is 71.4. The molecule has 0 radical (unpaired) electrons. The predicted molar refractivity (Wildman–Crippen MR) is 213 cm³/mol. The molecule has 5 fully saturated rings. The highest BCUT2D eigenvalue weighted by molar-refractivity contribution is 7.92. The van der Waals surface area contributed by atoms with Gasteiger partial charge in [0.1, 0.15) is 12.1 Å². The van der Waals surface area contributed by atoms with E-state index in [0.717, 1.165) is 44.9 Å². The maximum Gasteiger partial charge on any atom is 0.315 e. The lowest BCUT2D eigenvalue weighted by Crippen LogP contribution is -2.65. The molecule has 12 nitrogen and oxygen atoms in total. The van der Waals surface area contributed by atoms with Crippen LogP contribution in [0.1, 0.15) is 132 Å². The normalized spacial score (nSPS) is 29.7. The van der Waals surface area contributed by atoms with Gasteiger partial charge in [-0.1, -0.05) is 72.8 Å². The van der Waals surface area contributed by atoms with Crippen LogP contribution in [0.5, 0.6) is 0 Å². The van der Waals surface area contributed by atoms with Gasteiger partial charge in [0.2, 0.25) is 17.6 Å². The van der Waals surface area contributed by atoms with Gasteiger partial charge in [-0.2, -0.15) is 0 Å². The van der Waals surface area contributed by atoms with E-state index in [-0.39, 0.29) is 41.4 Å². The van der Waals surface area contributed by atoms with Crippen molar-refractivity contribution < 1.29 is 32.4 Å². The highest BCUT2D eigenvalue weighted by atomic mass is 32.2. The minimum atomic E-state index is -3.60. The number of sulfone groups is 1. The molecule has 55 heavy (non-hydrogen) atoms. The number of Topliss-reactive ketones (excluding diaryl/α,β-unsaturated/α-hetero) is 1. The summed E-state index contributed by atoms with van der Waals surface area (Å²) in [5.74, 6) is -1.41. The number of fused-ring (bicyclic) bond motifs is 1. The molecule has 5 atom stereocenters. The second-order valence-corrected chi connectivity index (χ2v) is 22.7. The van der Waals surface area contributed by atoms with E-state index in [2.05, 4.69) is 55.5 Å². The van der Waals surface area contributed by atoms with E-state index in [1.807, 2.05) is 6.92 Å². The summed E-state index contributed by atoms with van der Waals surface area (Å²) in [6.45, 7) is 19.7. The van der Waals surface area contributed by atoms with Crippen LogP contribution in [0.25, 0.3) is 0 Å². The summed E-state index contributed by atoms with van der Waals surface area (Å²) in [6.07, 6.45) is 10.6. The molecule has 4 saturated carbocycles. The van der Waals surface area contributed by atoms with Crippen LogP contribution >= 0.6 is 0 Å². The minimum absolute atomic E-state index is 0.0660. The standard InChI is InChI=1S/C42H69N5O7S/c1-10-22-43-36(50)33(48)30(23-27-14-15-27)44-35(49)32-31-29(40(31,7)8)24-47(32)37(51)34(41(9)18-12-11-13-19-41)45-38(52)46-42(25-55(53,54)39(4,5)6)20-16-28(17-21-42)26(2)3/h10,26-32,34H,1,11-25H2,2-9H3,(H,43,50)(H,44,49)(H2,45,46,52)/t28-,29?,30?,31-,32-,34+,42+/m0/s1. The Balaban J connectivity index is 1.41. The van der Waals surface area contributed by atoms with Gasteiger partial charge in [0.25, 0.3) is 5.91 Å². The summed E-state index contributed by atoms with van der Waals surface area (Å²) < 4.78 is 26.3. The van der Waals surface area contributed by atoms with Gasteiger partial charge in [0, 0.05) is 13.1 Å². The Hall–Kier alpha value is -2.96. The third-order valence-electron chi connectivity index (χ3n) is 14.2. The molecule has 0 bridgehead atoms. The average molecular weight is 788 g/mol. The number of ketones is 1. The molecule has 1 heterocycles. The second kappa shape index (κ2) is 16.1. The predicted octanol–water partition coefficient (Wildman–Crippen LogP) is 5.06. The number of nitrogens with one attached hydrogen (secondary N) is 4. The minimum Gasteiger partial charge on any atom is -0.346 e. The van der Waals surface area contributed by atoms with Gasteiger partial charge >= 0.3 is 6.03 Å². The quantitative estimate of drug-likeness (QED) is 0.133. The molecule has 0 spiro atoms. The Kier molecular flexibility index (Phi) is 12.7. The van der Waals surface area contributed by atoms with Crippen molar-refractivity contribution in [2.45, 2.75) is 161 Å². The van der Waals surface area contributed by atoms with Crippen LogP contribution in [0.4, 0.5) is 4.79 Å². The molecule has 0 aromatic heterocycles. The van der Waals surface area contributed by atoms with Crippen LogP contribution in [-0.4, -0.2) is 90.1 Å². The lowest BCUT2D eigenvalue weighted by atomic mass is 9.70. The van der Waals surface area contributed by atoms with E-state index in [1.165, 1.54) is 6.08 Å². The maximum absolute atomic E-state index is 15.0. The molecular formula is C42H69N5O7S.